The molecule has 1 heterocycles. The van der Waals surface area contributed by atoms with E-state index in [0.29, 0.717) is 12.3 Å². The number of aliphatic hydroxyl groups is 1. The molecule has 0 spiro atoms. The molecule has 0 aliphatic rings. The Hall–Kier alpha value is -1.13. The minimum absolute atomic E-state index is 0.0861. The number of benzene rings is 1. The molecule has 1 aromatic heterocycles. The highest BCUT2D eigenvalue weighted by Crippen LogP contribution is 2.28. The largest absolute Gasteiger partial charge is 0.441 e. The van der Waals surface area contributed by atoms with Crippen LogP contribution in [0.2, 0.25) is 0 Å². The normalized spacial score (nSPS) is 10.7. The number of hydrogen-bond acceptors (Lipinski definition) is 3. The maximum atomic E-state index is 8.89. The van der Waals surface area contributed by atoms with Gasteiger partial charge in [-0.2, -0.15) is 0 Å². The van der Waals surface area contributed by atoms with Crippen molar-refractivity contribution in [3.63, 3.8) is 0 Å². The fraction of sp³-hybridized carbons (Fsp3) is 0.250. The van der Waals surface area contributed by atoms with Crippen LogP contribution in [0.15, 0.2) is 33.2 Å². The molecule has 84 valence electrons. The molecule has 0 aliphatic carbocycles. The molecule has 0 radical (unpaired) electrons. The van der Waals surface area contributed by atoms with Gasteiger partial charge >= 0.3 is 0 Å². The molecule has 0 fully saturated rings. The quantitative estimate of drug-likeness (QED) is 0.941. The third-order valence-electron chi connectivity index (χ3n) is 2.35. The Balaban J connectivity index is 2.42. The highest BCUT2D eigenvalue weighted by molar-refractivity contribution is 9.10. The molecule has 0 aliphatic heterocycles. The van der Waals surface area contributed by atoms with E-state index in [-0.39, 0.29) is 6.61 Å². The van der Waals surface area contributed by atoms with Crippen molar-refractivity contribution in [3.05, 3.63) is 40.2 Å². The van der Waals surface area contributed by atoms with Crippen LogP contribution >= 0.6 is 15.9 Å². The lowest BCUT2D eigenvalue weighted by Crippen LogP contribution is -1.92. The molecule has 2 rings (SSSR count). The summed E-state index contributed by atoms with van der Waals surface area (Å²) >= 11 is 3.46. The fourth-order valence-electron chi connectivity index (χ4n) is 1.52. The van der Waals surface area contributed by atoms with Gasteiger partial charge in [-0.1, -0.05) is 12.1 Å². The average Bonchev–Trinajstić information content (AvgIpc) is 2.61. The van der Waals surface area contributed by atoms with E-state index in [1.807, 2.05) is 31.2 Å². The van der Waals surface area contributed by atoms with Crippen LogP contribution < -0.4 is 0 Å². The molecule has 0 atom stereocenters. The summed E-state index contributed by atoms with van der Waals surface area (Å²) in [6, 6.07) is 7.77. The van der Waals surface area contributed by atoms with Gasteiger partial charge in [-0.05, 0) is 35.0 Å². The molecule has 4 heteroatoms. The van der Waals surface area contributed by atoms with E-state index in [1.165, 1.54) is 0 Å². The van der Waals surface area contributed by atoms with Gasteiger partial charge in [0.25, 0.3) is 0 Å². The first-order valence-electron chi connectivity index (χ1n) is 5.04. The van der Waals surface area contributed by atoms with Crippen molar-refractivity contribution in [2.24, 2.45) is 0 Å². The molecule has 0 unspecified atom stereocenters. The summed E-state index contributed by atoms with van der Waals surface area (Å²) in [5.41, 5.74) is 1.74. The second kappa shape index (κ2) is 4.80. The first kappa shape index (κ1) is 11.4. The van der Waals surface area contributed by atoms with Crippen molar-refractivity contribution >= 4 is 15.9 Å². The number of halogens is 1. The van der Waals surface area contributed by atoms with Crippen LogP contribution in [0, 0.1) is 6.92 Å². The summed E-state index contributed by atoms with van der Waals surface area (Å²) in [5, 5.41) is 8.89. The Morgan fingerprint density at radius 1 is 1.38 bits per heavy atom. The fourth-order valence-corrected chi connectivity index (χ4v) is 1.97. The minimum Gasteiger partial charge on any atom is -0.441 e. The second-order valence-corrected chi connectivity index (χ2v) is 4.33. The first-order chi connectivity index (χ1) is 7.72. The predicted octanol–water partition coefficient (Wildman–Crippen LogP) is 2.95. The predicted molar refractivity (Wildman–Crippen MR) is 65.2 cm³/mol. The topological polar surface area (TPSA) is 46.3 Å². The molecule has 1 aromatic carbocycles. The van der Waals surface area contributed by atoms with Crippen molar-refractivity contribution in [2.45, 2.75) is 13.3 Å². The third-order valence-corrected chi connectivity index (χ3v) is 3.04. The van der Waals surface area contributed by atoms with E-state index in [1.54, 1.807) is 0 Å². The van der Waals surface area contributed by atoms with Crippen molar-refractivity contribution in [1.82, 2.24) is 4.98 Å². The van der Waals surface area contributed by atoms with Crippen LogP contribution in [0.3, 0.4) is 0 Å². The number of oxazole rings is 1. The summed E-state index contributed by atoms with van der Waals surface area (Å²) in [4.78, 5) is 4.37. The Morgan fingerprint density at radius 3 is 2.81 bits per heavy atom. The summed E-state index contributed by atoms with van der Waals surface area (Å²) in [7, 11) is 0. The third kappa shape index (κ3) is 2.18. The molecule has 16 heavy (non-hydrogen) atoms. The highest BCUT2D eigenvalue weighted by atomic mass is 79.9. The molecule has 0 saturated carbocycles. The summed E-state index contributed by atoms with van der Waals surface area (Å²) in [6.07, 6.45) is 0.528. The lowest BCUT2D eigenvalue weighted by molar-refractivity contribution is 0.297. The SMILES string of the molecule is Cc1oc(-c2ccccc2Br)nc1CCO. The lowest BCUT2D eigenvalue weighted by atomic mass is 10.2. The van der Waals surface area contributed by atoms with E-state index in [0.717, 1.165) is 21.5 Å². The van der Waals surface area contributed by atoms with Crippen LogP contribution in [-0.2, 0) is 6.42 Å². The van der Waals surface area contributed by atoms with E-state index in [9.17, 15) is 0 Å². The number of rotatable bonds is 3. The van der Waals surface area contributed by atoms with E-state index < -0.39 is 0 Å². The van der Waals surface area contributed by atoms with Gasteiger partial charge in [-0.25, -0.2) is 4.98 Å². The monoisotopic (exact) mass is 281 g/mol. The maximum Gasteiger partial charge on any atom is 0.227 e. The van der Waals surface area contributed by atoms with Crippen molar-refractivity contribution in [3.8, 4) is 11.5 Å². The second-order valence-electron chi connectivity index (χ2n) is 3.48. The van der Waals surface area contributed by atoms with Gasteiger partial charge in [-0.3, -0.25) is 0 Å². The van der Waals surface area contributed by atoms with Crippen molar-refractivity contribution in [2.75, 3.05) is 6.61 Å². The maximum absolute atomic E-state index is 8.89. The molecule has 0 saturated heterocycles. The Labute approximate surface area is 102 Å². The Kier molecular flexibility index (Phi) is 3.41. The summed E-state index contributed by atoms with van der Waals surface area (Å²) in [6.45, 7) is 1.95. The lowest BCUT2D eigenvalue weighted by Gasteiger charge is -1.97. The van der Waals surface area contributed by atoms with Crippen molar-refractivity contribution < 1.29 is 9.52 Å². The van der Waals surface area contributed by atoms with Crippen LogP contribution in [-0.4, -0.2) is 16.7 Å². The van der Waals surface area contributed by atoms with Gasteiger partial charge in [0.05, 0.1) is 11.3 Å². The molecule has 0 amide bonds. The average molecular weight is 282 g/mol. The molecule has 3 nitrogen and oxygen atoms in total. The van der Waals surface area contributed by atoms with E-state index >= 15 is 0 Å². The first-order valence-corrected chi connectivity index (χ1v) is 5.83. The zero-order valence-corrected chi connectivity index (χ0v) is 10.5. The van der Waals surface area contributed by atoms with Crippen LogP contribution in [0.4, 0.5) is 0 Å². The smallest absolute Gasteiger partial charge is 0.227 e. The zero-order chi connectivity index (χ0) is 11.5. The summed E-state index contributed by atoms with van der Waals surface area (Å²) < 4.78 is 6.53. The molecular weight excluding hydrogens is 270 g/mol. The number of hydrogen-bond donors (Lipinski definition) is 1. The van der Waals surface area contributed by atoms with Gasteiger partial charge < -0.3 is 9.52 Å². The minimum atomic E-state index is 0.0861. The van der Waals surface area contributed by atoms with Gasteiger partial charge in [0, 0.05) is 17.5 Å². The Bertz CT molecular complexity index is 494. The Morgan fingerprint density at radius 2 is 2.12 bits per heavy atom. The molecule has 2 aromatic rings. The van der Waals surface area contributed by atoms with E-state index in [2.05, 4.69) is 20.9 Å². The highest BCUT2D eigenvalue weighted by Gasteiger charge is 2.12. The van der Waals surface area contributed by atoms with Gasteiger partial charge in [0.1, 0.15) is 5.76 Å². The standard InChI is InChI=1S/C12H12BrNO2/c1-8-11(6-7-15)14-12(16-8)9-4-2-3-5-10(9)13/h2-5,15H,6-7H2,1H3. The molecule has 0 bridgehead atoms. The van der Waals surface area contributed by atoms with Crippen LogP contribution in [0.5, 0.6) is 0 Å². The molecule has 1 N–H and O–H groups in total. The van der Waals surface area contributed by atoms with Gasteiger partial charge in [0.2, 0.25) is 5.89 Å². The molecular formula is C12H12BrNO2. The van der Waals surface area contributed by atoms with E-state index in [4.69, 9.17) is 9.52 Å². The zero-order valence-electron chi connectivity index (χ0n) is 8.90. The van der Waals surface area contributed by atoms with Crippen LogP contribution in [0.1, 0.15) is 11.5 Å². The van der Waals surface area contributed by atoms with Crippen LogP contribution in [0.25, 0.3) is 11.5 Å². The number of aromatic nitrogens is 1. The number of nitrogens with zero attached hydrogens (tertiary/aromatic N) is 1. The summed E-state index contributed by atoms with van der Waals surface area (Å²) in [5.74, 6) is 1.35. The van der Waals surface area contributed by atoms with Gasteiger partial charge in [-0.15, -0.1) is 0 Å². The van der Waals surface area contributed by atoms with Gasteiger partial charge in [0.15, 0.2) is 0 Å². The van der Waals surface area contributed by atoms with Crippen molar-refractivity contribution in [1.29, 1.82) is 0 Å². The number of aryl methyl sites for hydroxylation is 1. The number of aliphatic hydroxyl groups excluding tert-OH is 1.